The topological polar surface area (TPSA) is 134 Å². The summed E-state index contributed by atoms with van der Waals surface area (Å²) in [6.07, 6.45) is 7.98. The van der Waals surface area contributed by atoms with Crippen molar-refractivity contribution in [3.8, 4) is 0 Å². The highest BCUT2D eigenvalue weighted by atomic mass is 16.6. The zero-order chi connectivity index (χ0) is 29.7. The maximum atomic E-state index is 12.5. The highest BCUT2D eigenvalue weighted by Gasteiger charge is 2.31. The Morgan fingerprint density at radius 2 is 1.66 bits per heavy atom. The lowest BCUT2D eigenvalue weighted by molar-refractivity contribution is -0.159. The molecule has 0 saturated carbocycles. The molecule has 1 saturated heterocycles. The maximum Gasteiger partial charge on any atom is 0.414 e. The number of carboxylic acid groups (broad SMARTS) is 2. The van der Waals surface area contributed by atoms with Crippen molar-refractivity contribution in [3.05, 3.63) is 59.2 Å². The van der Waals surface area contributed by atoms with Crippen LogP contribution in [0.15, 0.2) is 36.5 Å². The monoisotopic (exact) mass is 568 g/mol. The Bertz CT molecular complexity index is 1280. The summed E-state index contributed by atoms with van der Waals surface area (Å²) in [5.74, 6) is -2.65. The molecule has 1 fully saturated rings. The molecule has 0 aliphatic carbocycles. The van der Waals surface area contributed by atoms with Crippen molar-refractivity contribution in [2.45, 2.75) is 70.8 Å². The SMILES string of the molecule is CN1CCC(OC2c3ccccc3CCn3cc(C4=CCN(C(=O)OC(C)(C)C)CC4)nc32)CC1.O=C(O)C(=O)O. The number of carboxylic acids is 2. The molecule has 3 aliphatic heterocycles. The Kier molecular flexibility index (Phi) is 9.49. The second-order valence-electron chi connectivity index (χ2n) is 11.7. The van der Waals surface area contributed by atoms with Crippen LogP contribution in [0.25, 0.3) is 5.57 Å². The molecule has 2 N–H and O–H groups in total. The van der Waals surface area contributed by atoms with Crippen LogP contribution in [0.1, 0.15) is 68.8 Å². The lowest BCUT2D eigenvalue weighted by atomic mass is 9.99. The van der Waals surface area contributed by atoms with Crippen molar-refractivity contribution in [2.75, 3.05) is 33.2 Å². The molecule has 3 aliphatic rings. The summed E-state index contributed by atoms with van der Waals surface area (Å²) < 4.78 is 14.6. The van der Waals surface area contributed by atoms with Crippen LogP contribution in [0.4, 0.5) is 4.79 Å². The van der Waals surface area contributed by atoms with Crippen LogP contribution < -0.4 is 0 Å². The number of aromatic nitrogens is 2. The van der Waals surface area contributed by atoms with Gasteiger partial charge in [0.05, 0.1) is 11.8 Å². The molecule has 1 aromatic carbocycles. The van der Waals surface area contributed by atoms with Crippen LogP contribution in [0, 0.1) is 0 Å². The first-order valence-electron chi connectivity index (χ1n) is 14.0. The molecule has 0 bridgehead atoms. The number of hydrogen-bond donors (Lipinski definition) is 2. The number of carbonyl (C=O) groups excluding carboxylic acids is 1. The number of piperidine rings is 1. The molecular formula is C30H40N4O7. The number of amides is 1. The lowest BCUT2D eigenvalue weighted by Gasteiger charge is -2.32. The zero-order valence-corrected chi connectivity index (χ0v) is 24.2. The second-order valence-corrected chi connectivity index (χ2v) is 11.7. The van der Waals surface area contributed by atoms with E-state index in [2.05, 4.69) is 53.1 Å². The molecule has 0 radical (unpaired) electrons. The fourth-order valence-electron chi connectivity index (χ4n) is 5.21. The summed E-state index contributed by atoms with van der Waals surface area (Å²) in [5.41, 5.74) is 4.30. The molecule has 0 spiro atoms. The first kappa shape index (κ1) is 30.3. The summed E-state index contributed by atoms with van der Waals surface area (Å²) >= 11 is 0. The van der Waals surface area contributed by atoms with E-state index in [1.807, 2.05) is 20.8 Å². The number of hydrogen-bond acceptors (Lipinski definition) is 7. The highest BCUT2D eigenvalue weighted by Crippen LogP contribution is 2.36. The van der Waals surface area contributed by atoms with E-state index in [9.17, 15) is 4.79 Å². The van der Waals surface area contributed by atoms with E-state index in [0.29, 0.717) is 13.1 Å². The van der Waals surface area contributed by atoms with Gasteiger partial charge in [-0.05, 0) is 70.2 Å². The van der Waals surface area contributed by atoms with Crippen LogP contribution in [0.2, 0.25) is 0 Å². The van der Waals surface area contributed by atoms with Gasteiger partial charge in [0.1, 0.15) is 17.5 Å². The first-order chi connectivity index (χ1) is 19.4. The van der Waals surface area contributed by atoms with Gasteiger partial charge in [-0.1, -0.05) is 30.3 Å². The molecule has 4 heterocycles. The van der Waals surface area contributed by atoms with Gasteiger partial charge >= 0.3 is 18.0 Å². The number of likely N-dealkylation sites (tertiary alicyclic amines) is 1. The van der Waals surface area contributed by atoms with Gasteiger partial charge in [-0.15, -0.1) is 0 Å². The number of carbonyl (C=O) groups is 3. The van der Waals surface area contributed by atoms with Gasteiger partial charge < -0.3 is 34.1 Å². The molecular weight excluding hydrogens is 528 g/mol. The number of ether oxygens (including phenoxy) is 2. The molecule has 11 heteroatoms. The van der Waals surface area contributed by atoms with Crippen molar-refractivity contribution >= 4 is 23.6 Å². The Hall–Kier alpha value is -3.70. The average Bonchev–Trinajstić information content (AvgIpc) is 3.29. The quantitative estimate of drug-likeness (QED) is 0.530. The number of aliphatic carboxylic acids is 2. The third-order valence-corrected chi connectivity index (χ3v) is 7.37. The van der Waals surface area contributed by atoms with Gasteiger partial charge in [0.2, 0.25) is 0 Å². The van der Waals surface area contributed by atoms with E-state index in [0.717, 1.165) is 56.8 Å². The number of nitrogens with zero attached hydrogens (tertiary/aromatic N) is 4. The Morgan fingerprint density at radius 1 is 0.976 bits per heavy atom. The van der Waals surface area contributed by atoms with Crippen molar-refractivity contribution in [2.24, 2.45) is 0 Å². The third-order valence-electron chi connectivity index (χ3n) is 7.37. The number of benzene rings is 1. The van der Waals surface area contributed by atoms with Crippen LogP contribution in [-0.2, 0) is 32.0 Å². The van der Waals surface area contributed by atoms with E-state index < -0.39 is 17.5 Å². The molecule has 1 unspecified atom stereocenters. The van der Waals surface area contributed by atoms with Crippen molar-refractivity contribution in [3.63, 3.8) is 0 Å². The van der Waals surface area contributed by atoms with Gasteiger partial charge in [0.25, 0.3) is 0 Å². The van der Waals surface area contributed by atoms with Crippen LogP contribution in [0.3, 0.4) is 0 Å². The van der Waals surface area contributed by atoms with Crippen molar-refractivity contribution < 1.29 is 34.1 Å². The zero-order valence-electron chi connectivity index (χ0n) is 24.2. The Balaban J connectivity index is 0.000000585. The summed E-state index contributed by atoms with van der Waals surface area (Å²) in [5, 5.41) is 14.8. The fraction of sp³-hybridized carbons (Fsp3) is 0.533. The summed E-state index contributed by atoms with van der Waals surface area (Å²) in [6, 6.07) is 8.66. The summed E-state index contributed by atoms with van der Waals surface area (Å²) in [4.78, 5) is 39.9. The van der Waals surface area contributed by atoms with E-state index in [-0.39, 0.29) is 18.3 Å². The predicted molar refractivity (Wildman–Crippen MR) is 151 cm³/mol. The van der Waals surface area contributed by atoms with E-state index in [1.165, 1.54) is 16.7 Å². The molecule has 1 amide bonds. The molecule has 2 aromatic rings. The number of imidazole rings is 1. The standard InChI is InChI=1S/C28H38N4O3.C2H2O4/c1-28(2,3)35-27(33)31-16-10-21(11-17-31)24-19-32-18-9-20-7-5-6-8-23(20)25(26(32)29-24)34-22-12-14-30(4)15-13-22;3-1(4)2(5)6/h5-8,10,19,22,25H,9,11-18H2,1-4H3;(H,3,4)(H,5,6). The first-order valence-corrected chi connectivity index (χ1v) is 14.0. The minimum atomic E-state index is -1.82. The van der Waals surface area contributed by atoms with Crippen LogP contribution >= 0.6 is 0 Å². The number of fused-ring (bicyclic) bond motifs is 2. The largest absolute Gasteiger partial charge is 0.473 e. The van der Waals surface area contributed by atoms with Gasteiger partial charge in [-0.2, -0.15) is 0 Å². The van der Waals surface area contributed by atoms with Gasteiger partial charge in [0.15, 0.2) is 0 Å². The van der Waals surface area contributed by atoms with Gasteiger partial charge in [-0.3, -0.25) is 0 Å². The van der Waals surface area contributed by atoms with Gasteiger partial charge in [0, 0.05) is 38.9 Å². The second kappa shape index (κ2) is 12.9. The molecule has 1 atom stereocenters. The number of rotatable bonds is 3. The Morgan fingerprint density at radius 3 is 2.27 bits per heavy atom. The van der Waals surface area contributed by atoms with E-state index in [1.54, 1.807) is 4.90 Å². The van der Waals surface area contributed by atoms with E-state index in [4.69, 9.17) is 34.3 Å². The predicted octanol–water partition coefficient (Wildman–Crippen LogP) is 3.82. The molecule has 1 aromatic heterocycles. The van der Waals surface area contributed by atoms with Crippen LogP contribution in [0.5, 0.6) is 0 Å². The minimum Gasteiger partial charge on any atom is -0.473 e. The highest BCUT2D eigenvalue weighted by molar-refractivity contribution is 6.27. The maximum absolute atomic E-state index is 12.5. The molecule has 222 valence electrons. The summed E-state index contributed by atoms with van der Waals surface area (Å²) in [6.45, 7) is 9.92. The molecule has 5 rings (SSSR count). The number of aryl methyl sites for hydroxylation is 2. The minimum absolute atomic E-state index is 0.154. The van der Waals surface area contributed by atoms with E-state index >= 15 is 0 Å². The normalized spacial score (nSPS) is 19.6. The van der Waals surface area contributed by atoms with Crippen LogP contribution in [-0.4, -0.2) is 92.5 Å². The molecule has 41 heavy (non-hydrogen) atoms. The van der Waals surface area contributed by atoms with Gasteiger partial charge in [-0.25, -0.2) is 19.4 Å². The molecule has 11 nitrogen and oxygen atoms in total. The van der Waals surface area contributed by atoms with Crippen molar-refractivity contribution in [1.82, 2.24) is 19.4 Å². The van der Waals surface area contributed by atoms with Crippen molar-refractivity contribution in [1.29, 1.82) is 0 Å². The third kappa shape index (κ3) is 7.95. The fourth-order valence-corrected chi connectivity index (χ4v) is 5.21. The lowest BCUT2D eigenvalue weighted by Crippen LogP contribution is -2.39. The Labute approximate surface area is 240 Å². The average molecular weight is 569 g/mol. The summed E-state index contributed by atoms with van der Waals surface area (Å²) in [7, 11) is 2.18. The smallest absolute Gasteiger partial charge is 0.414 e.